The fraction of sp³-hybridized carbons (Fsp3) is 0.231. The third kappa shape index (κ3) is 2.20. The van der Waals surface area contributed by atoms with Crippen LogP contribution in [-0.4, -0.2) is 23.3 Å². The van der Waals surface area contributed by atoms with Crippen LogP contribution in [0.25, 0.3) is 11.1 Å². The van der Waals surface area contributed by atoms with Gasteiger partial charge in [-0.3, -0.25) is 9.48 Å². The van der Waals surface area contributed by atoms with E-state index in [0.717, 1.165) is 16.8 Å². The van der Waals surface area contributed by atoms with E-state index in [0.29, 0.717) is 17.8 Å². The van der Waals surface area contributed by atoms with Crippen LogP contribution in [0.4, 0.5) is 5.69 Å². The van der Waals surface area contributed by atoms with Gasteiger partial charge in [0, 0.05) is 18.8 Å². The summed E-state index contributed by atoms with van der Waals surface area (Å²) in [5.74, 6) is 0.628. The number of hydrogen-bond acceptors (Lipinski definition) is 3. The molecule has 0 unspecified atom stereocenters. The Balaban J connectivity index is 2.47. The third-order valence-corrected chi connectivity index (χ3v) is 2.74. The van der Waals surface area contributed by atoms with Gasteiger partial charge in [-0.05, 0) is 24.6 Å². The van der Waals surface area contributed by atoms with E-state index in [2.05, 4.69) is 10.4 Å². The average Bonchev–Trinajstić information content (AvgIpc) is 2.69. The maximum Gasteiger partial charge on any atom is 0.211 e. The van der Waals surface area contributed by atoms with Gasteiger partial charge in [-0.2, -0.15) is 5.10 Å². The van der Waals surface area contributed by atoms with E-state index in [9.17, 15) is 4.79 Å². The van der Waals surface area contributed by atoms with Gasteiger partial charge in [0.1, 0.15) is 5.75 Å². The number of methoxy groups -OCH3 is 1. The highest BCUT2D eigenvalue weighted by molar-refractivity contribution is 5.79. The Kier molecular flexibility index (Phi) is 3.32. The summed E-state index contributed by atoms with van der Waals surface area (Å²) >= 11 is 0. The monoisotopic (exact) mass is 245 g/mol. The van der Waals surface area contributed by atoms with Crippen LogP contribution >= 0.6 is 0 Å². The quantitative estimate of drug-likeness (QED) is 0.838. The summed E-state index contributed by atoms with van der Waals surface area (Å²) in [6.07, 6.45) is 2.59. The zero-order valence-corrected chi connectivity index (χ0v) is 10.6. The molecule has 0 saturated carbocycles. The Labute approximate surface area is 105 Å². The summed E-state index contributed by atoms with van der Waals surface area (Å²) in [7, 11) is 3.46. The van der Waals surface area contributed by atoms with Crippen LogP contribution < -0.4 is 10.1 Å². The second-order valence-corrected chi connectivity index (χ2v) is 3.98. The predicted octanol–water partition coefficient (Wildman–Crippen LogP) is 1.97. The van der Waals surface area contributed by atoms with Crippen LogP contribution in [0.5, 0.6) is 5.75 Å². The molecule has 1 heterocycles. The molecule has 0 aliphatic rings. The second kappa shape index (κ2) is 4.91. The number of benzene rings is 1. The highest BCUT2D eigenvalue weighted by Gasteiger charge is 2.09. The van der Waals surface area contributed by atoms with Crippen molar-refractivity contribution in [3.05, 3.63) is 30.1 Å². The molecular weight excluding hydrogens is 230 g/mol. The molecule has 0 radical (unpaired) electrons. The number of rotatable bonds is 4. The summed E-state index contributed by atoms with van der Waals surface area (Å²) in [4.78, 5) is 10.5. The number of amides is 1. The van der Waals surface area contributed by atoms with Crippen LogP contribution in [0.2, 0.25) is 0 Å². The Bertz CT molecular complexity index is 576. The van der Waals surface area contributed by atoms with Gasteiger partial charge in [-0.25, -0.2) is 0 Å². The molecule has 0 bridgehead atoms. The van der Waals surface area contributed by atoms with Crippen LogP contribution in [0.3, 0.4) is 0 Å². The van der Waals surface area contributed by atoms with E-state index in [1.165, 1.54) is 0 Å². The molecule has 0 spiro atoms. The molecule has 0 saturated heterocycles. The van der Waals surface area contributed by atoms with E-state index in [1.807, 2.05) is 38.4 Å². The molecule has 0 aliphatic heterocycles. The molecule has 18 heavy (non-hydrogen) atoms. The largest absolute Gasteiger partial charge is 0.495 e. The van der Waals surface area contributed by atoms with Crippen molar-refractivity contribution >= 4 is 12.1 Å². The standard InChI is InChI=1S/C13H15N3O2/c1-9-11(7-16(2)15-9)10-4-5-12(14-8-17)13(6-10)18-3/h4-8H,1-3H3,(H,14,17). The van der Waals surface area contributed by atoms with E-state index in [4.69, 9.17) is 4.74 Å². The summed E-state index contributed by atoms with van der Waals surface area (Å²) in [6, 6.07) is 5.63. The van der Waals surface area contributed by atoms with Crippen molar-refractivity contribution in [1.82, 2.24) is 9.78 Å². The van der Waals surface area contributed by atoms with E-state index >= 15 is 0 Å². The molecule has 2 aromatic rings. The third-order valence-electron chi connectivity index (χ3n) is 2.74. The summed E-state index contributed by atoms with van der Waals surface area (Å²) < 4.78 is 7.03. The molecule has 0 fully saturated rings. The first-order valence-corrected chi connectivity index (χ1v) is 5.54. The van der Waals surface area contributed by atoms with Crippen LogP contribution in [0.15, 0.2) is 24.4 Å². The molecule has 2 rings (SSSR count). The zero-order valence-electron chi connectivity index (χ0n) is 10.6. The highest BCUT2D eigenvalue weighted by Crippen LogP contribution is 2.31. The maximum atomic E-state index is 10.5. The van der Waals surface area contributed by atoms with Crippen molar-refractivity contribution in [3.8, 4) is 16.9 Å². The van der Waals surface area contributed by atoms with Gasteiger partial charge in [0.15, 0.2) is 0 Å². The van der Waals surface area contributed by atoms with Crippen LogP contribution in [-0.2, 0) is 11.8 Å². The minimum Gasteiger partial charge on any atom is -0.495 e. The minimum atomic E-state index is 0.628. The second-order valence-electron chi connectivity index (χ2n) is 3.98. The van der Waals surface area contributed by atoms with Gasteiger partial charge < -0.3 is 10.1 Å². The SMILES string of the molecule is COc1cc(-c2cn(C)nc2C)ccc1NC=O. The Morgan fingerprint density at radius 3 is 2.78 bits per heavy atom. The van der Waals surface area contributed by atoms with Crippen molar-refractivity contribution < 1.29 is 9.53 Å². The molecule has 5 nitrogen and oxygen atoms in total. The maximum absolute atomic E-state index is 10.5. The van der Waals surface area contributed by atoms with Gasteiger partial charge in [0.2, 0.25) is 6.41 Å². The van der Waals surface area contributed by atoms with Gasteiger partial charge in [0.25, 0.3) is 0 Å². The Morgan fingerprint density at radius 1 is 1.44 bits per heavy atom. The fourth-order valence-electron chi connectivity index (χ4n) is 1.92. The number of aromatic nitrogens is 2. The number of aryl methyl sites for hydroxylation is 2. The average molecular weight is 245 g/mol. The fourth-order valence-corrected chi connectivity index (χ4v) is 1.92. The van der Waals surface area contributed by atoms with E-state index in [-0.39, 0.29) is 0 Å². The summed E-state index contributed by atoms with van der Waals surface area (Å²) in [5, 5.41) is 6.90. The van der Waals surface area contributed by atoms with E-state index < -0.39 is 0 Å². The van der Waals surface area contributed by atoms with Gasteiger partial charge in [-0.15, -0.1) is 0 Å². The number of ether oxygens (including phenoxy) is 1. The van der Waals surface area contributed by atoms with E-state index in [1.54, 1.807) is 11.8 Å². The first kappa shape index (κ1) is 12.2. The molecule has 1 amide bonds. The molecule has 94 valence electrons. The smallest absolute Gasteiger partial charge is 0.211 e. The number of carbonyl (C=O) groups is 1. The van der Waals surface area contributed by atoms with Gasteiger partial charge in [0.05, 0.1) is 18.5 Å². The summed E-state index contributed by atoms with van der Waals surface area (Å²) in [5.41, 5.74) is 3.66. The molecule has 1 N–H and O–H groups in total. The normalized spacial score (nSPS) is 10.2. The van der Waals surface area contributed by atoms with Gasteiger partial charge in [-0.1, -0.05) is 6.07 Å². The van der Waals surface area contributed by atoms with Crippen LogP contribution in [0.1, 0.15) is 5.69 Å². The Morgan fingerprint density at radius 2 is 2.22 bits per heavy atom. The Hall–Kier alpha value is -2.30. The van der Waals surface area contributed by atoms with Crippen molar-refractivity contribution in [1.29, 1.82) is 0 Å². The molecule has 5 heteroatoms. The first-order chi connectivity index (χ1) is 8.65. The lowest BCUT2D eigenvalue weighted by Crippen LogP contribution is -1.97. The number of nitrogens with zero attached hydrogens (tertiary/aromatic N) is 2. The molecule has 0 atom stereocenters. The molecule has 1 aromatic carbocycles. The lowest BCUT2D eigenvalue weighted by atomic mass is 10.1. The van der Waals surface area contributed by atoms with Crippen molar-refractivity contribution in [2.75, 3.05) is 12.4 Å². The van der Waals surface area contributed by atoms with Crippen molar-refractivity contribution in [3.63, 3.8) is 0 Å². The number of carbonyl (C=O) groups excluding carboxylic acids is 1. The zero-order chi connectivity index (χ0) is 13.1. The van der Waals surface area contributed by atoms with Gasteiger partial charge >= 0.3 is 0 Å². The topological polar surface area (TPSA) is 56.1 Å². The van der Waals surface area contributed by atoms with Crippen LogP contribution in [0, 0.1) is 6.92 Å². The first-order valence-electron chi connectivity index (χ1n) is 5.54. The molecule has 1 aromatic heterocycles. The van der Waals surface area contributed by atoms with Crippen molar-refractivity contribution in [2.24, 2.45) is 7.05 Å². The lowest BCUT2D eigenvalue weighted by molar-refractivity contribution is -0.105. The predicted molar refractivity (Wildman–Crippen MR) is 69.6 cm³/mol. The number of anilines is 1. The minimum absolute atomic E-state index is 0.628. The molecule has 0 aliphatic carbocycles. The summed E-state index contributed by atoms with van der Waals surface area (Å²) in [6.45, 7) is 1.96. The molecular formula is C13H15N3O2. The van der Waals surface area contributed by atoms with Crippen molar-refractivity contribution in [2.45, 2.75) is 6.92 Å². The number of nitrogens with one attached hydrogen (secondary N) is 1. The lowest BCUT2D eigenvalue weighted by Gasteiger charge is -2.09. The number of hydrogen-bond donors (Lipinski definition) is 1. The highest BCUT2D eigenvalue weighted by atomic mass is 16.5.